The maximum atomic E-state index is 13.1. The molecule has 27 heavy (non-hydrogen) atoms. The Hall–Kier alpha value is -2.32. The van der Waals surface area contributed by atoms with E-state index < -0.39 is 6.09 Å². The van der Waals surface area contributed by atoms with Crippen LogP contribution < -0.4 is 4.74 Å². The minimum atomic E-state index is -0.531. The van der Waals surface area contributed by atoms with Crippen molar-refractivity contribution in [3.8, 4) is 5.75 Å². The molecule has 0 aromatic heterocycles. The molecule has 1 aliphatic heterocycles. The van der Waals surface area contributed by atoms with Gasteiger partial charge in [0.1, 0.15) is 5.75 Å². The number of rotatable bonds is 5. The highest BCUT2D eigenvalue weighted by molar-refractivity contribution is 5.82. The van der Waals surface area contributed by atoms with Crippen LogP contribution in [0.25, 0.3) is 0 Å². The largest absolute Gasteiger partial charge is 0.496 e. The molecule has 1 aliphatic rings. The first kappa shape index (κ1) is 21.0. The standard InChI is InChI=1S/C19H29N3O5/c1-6-27-19(24)22-10-8-20(26-5)7-9-21(22)18(23)13-16-15(3)11-14(2)12-17(16)25-4/h11-12H,6-10,13H2,1-5H3. The van der Waals surface area contributed by atoms with E-state index in [1.54, 1.807) is 26.2 Å². The smallest absolute Gasteiger partial charge is 0.428 e. The summed E-state index contributed by atoms with van der Waals surface area (Å²) in [6.07, 6.45) is -0.394. The highest BCUT2D eigenvalue weighted by Crippen LogP contribution is 2.25. The van der Waals surface area contributed by atoms with Crippen LogP contribution in [0.4, 0.5) is 4.79 Å². The van der Waals surface area contributed by atoms with Crippen molar-refractivity contribution in [1.82, 2.24) is 15.1 Å². The molecule has 0 N–H and O–H groups in total. The lowest BCUT2D eigenvalue weighted by Crippen LogP contribution is -2.51. The van der Waals surface area contributed by atoms with Crippen LogP contribution in [0.3, 0.4) is 0 Å². The van der Waals surface area contributed by atoms with E-state index in [0.717, 1.165) is 16.7 Å². The molecule has 0 unspecified atom stereocenters. The fourth-order valence-electron chi connectivity index (χ4n) is 3.21. The molecule has 2 rings (SSSR count). The zero-order chi connectivity index (χ0) is 20.0. The van der Waals surface area contributed by atoms with Crippen molar-refractivity contribution in [3.63, 3.8) is 0 Å². The number of amides is 2. The van der Waals surface area contributed by atoms with Gasteiger partial charge in [0, 0.05) is 18.7 Å². The maximum Gasteiger partial charge on any atom is 0.428 e. The molecule has 1 heterocycles. The molecule has 0 bridgehead atoms. The molecule has 8 heteroatoms. The summed E-state index contributed by atoms with van der Waals surface area (Å²) in [4.78, 5) is 30.7. The predicted octanol–water partition coefficient (Wildman–Crippen LogP) is 1.93. The fourth-order valence-corrected chi connectivity index (χ4v) is 3.21. The number of carbonyl (C=O) groups excluding carboxylic acids is 2. The lowest BCUT2D eigenvalue weighted by Gasteiger charge is -2.32. The summed E-state index contributed by atoms with van der Waals surface area (Å²) in [6.45, 7) is 7.56. The van der Waals surface area contributed by atoms with Crippen molar-refractivity contribution in [1.29, 1.82) is 0 Å². The van der Waals surface area contributed by atoms with Crippen molar-refractivity contribution in [2.24, 2.45) is 0 Å². The first-order valence-corrected chi connectivity index (χ1v) is 9.09. The van der Waals surface area contributed by atoms with Gasteiger partial charge < -0.3 is 14.3 Å². The van der Waals surface area contributed by atoms with Gasteiger partial charge in [0.25, 0.3) is 0 Å². The van der Waals surface area contributed by atoms with E-state index in [1.165, 1.54) is 10.0 Å². The van der Waals surface area contributed by atoms with Gasteiger partial charge in [0.2, 0.25) is 5.91 Å². The lowest BCUT2D eigenvalue weighted by atomic mass is 10.0. The highest BCUT2D eigenvalue weighted by Gasteiger charge is 2.31. The molecule has 150 valence electrons. The molecule has 0 saturated carbocycles. The minimum Gasteiger partial charge on any atom is -0.496 e. The normalized spacial score (nSPS) is 15.4. The molecule has 0 spiro atoms. The number of hydrazine groups is 1. The molecule has 8 nitrogen and oxygen atoms in total. The van der Waals surface area contributed by atoms with Gasteiger partial charge in [-0.1, -0.05) is 6.07 Å². The minimum absolute atomic E-state index is 0.137. The van der Waals surface area contributed by atoms with Crippen molar-refractivity contribution in [2.75, 3.05) is 47.0 Å². The zero-order valence-corrected chi connectivity index (χ0v) is 16.8. The number of ether oxygens (including phenoxy) is 2. The summed E-state index contributed by atoms with van der Waals surface area (Å²) in [5.74, 6) is 0.489. The van der Waals surface area contributed by atoms with Gasteiger partial charge in [0.15, 0.2) is 0 Å². The van der Waals surface area contributed by atoms with Crippen molar-refractivity contribution in [2.45, 2.75) is 27.2 Å². The number of aryl methyl sites for hydroxylation is 2. The van der Waals surface area contributed by atoms with Crippen LogP contribution >= 0.6 is 0 Å². The predicted molar refractivity (Wildman–Crippen MR) is 100 cm³/mol. The van der Waals surface area contributed by atoms with Gasteiger partial charge in [0.05, 0.1) is 40.3 Å². The number of benzene rings is 1. The van der Waals surface area contributed by atoms with Crippen LogP contribution in [0, 0.1) is 13.8 Å². The van der Waals surface area contributed by atoms with E-state index in [-0.39, 0.29) is 18.9 Å². The molecule has 1 fully saturated rings. The topological polar surface area (TPSA) is 71.6 Å². The van der Waals surface area contributed by atoms with Gasteiger partial charge in [-0.25, -0.2) is 14.8 Å². The number of hydroxylamine groups is 2. The number of carbonyl (C=O) groups is 2. The summed E-state index contributed by atoms with van der Waals surface area (Å²) in [6, 6.07) is 3.93. The Morgan fingerprint density at radius 3 is 2.30 bits per heavy atom. The Labute approximate surface area is 160 Å². The Morgan fingerprint density at radius 1 is 1.04 bits per heavy atom. The second-order valence-electron chi connectivity index (χ2n) is 6.39. The van der Waals surface area contributed by atoms with Gasteiger partial charge in [-0.3, -0.25) is 4.79 Å². The number of nitrogens with zero attached hydrogens (tertiary/aromatic N) is 3. The van der Waals surface area contributed by atoms with Gasteiger partial charge in [-0.2, -0.15) is 5.06 Å². The Bertz CT molecular complexity index is 680. The summed E-state index contributed by atoms with van der Waals surface area (Å²) in [5.41, 5.74) is 2.88. The number of hydrogen-bond donors (Lipinski definition) is 0. The van der Waals surface area contributed by atoms with Crippen LogP contribution in [0.2, 0.25) is 0 Å². The average molecular weight is 379 g/mol. The van der Waals surface area contributed by atoms with Gasteiger partial charge >= 0.3 is 6.09 Å². The van der Waals surface area contributed by atoms with Crippen LogP contribution in [0.1, 0.15) is 23.6 Å². The maximum absolute atomic E-state index is 13.1. The van der Waals surface area contributed by atoms with Crippen LogP contribution in [-0.2, 0) is 20.8 Å². The summed E-state index contributed by atoms with van der Waals surface area (Å²) >= 11 is 0. The molecule has 1 aromatic carbocycles. The molecule has 0 atom stereocenters. The first-order valence-electron chi connectivity index (χ1n) is 9.09. The van der Waals surface area contributed by atoms with E-state index in [0.29, 0.717) is 31.9 Å². The zero-order valence-electron chi connectivity index (χ0n) is 16.8. The molecule has 0 aliphatic carbocycles. The van der Waals surface area contributed by atoms with Gasteiger partial charge in [-0.15, -0.1) is 0 Å². The van der Waals surface area contributed by atoms with Crippen molar-refractivity contribution in [3.05, 3.63) is 28.8 Å². The summed E-state index contributed by atoms with van der Waals surface area (Å²) < 4.78 is 10.6. The third-order valence-electron chi connectivity index (χ3n) is 4.56. The lowest BCUT2D eigenvalue weighted by molar-refractivity contribution is -0.145. The van der Waals surface area contributed by atoms with E-state index in [1.807, 2.05) is 26.0 Å². The Morgan fingerprint density at radius 2 is 1.70 bits per heavy atom. The number of methoxy groups -OCH3 is 1. The van der Waals surface area contributed by atoms with E-state index in [2.05, 4.69) is 0 Å². The number of hydrogen-bond acceptors (Lipinski definition) is 6. The van der Waals surface area contributed by atoms with Crippen LogP contribution in [-0.4, -0.2) is 74.1 Å². The van der Waals surface area contributed by atoms with E-state index >= 15 is 0 Å². The molecule has 2 amide bonds. The Kier molecular flexibility index (Phi) is 7.44. The monoisotopic (exact) mass is 379 g/mol. The SMILES string of the molecule is CCOC(=O)N1CCN(OC)CCN1C(=O)Cc1c(C)cc(C)cc1OC. The molecule has 1 aromatic rings. The second kappa shape index (κ2) is 9.57. The van der Waals surface area contributed by atoms with Crippen molar-refractivity contribution < 1.29 is 23.9 Å². The highest BCUT2D eigenvalue weighted by atomic mass is 16.7. The summed E-state index contributed by atoms with van der Waals surface area (Å²) in [5, 5.41) is 4.54. The van der Waals surface area contributed by atoms with E-state index in [9.17, 15) is 9.59 Å². The van der Waals surface area contributed by atoms with Crippen molar-refractivity contribution >= 4 is 12.0 Å². The average Bonchev–Trinajstić information content (AvgIpc) is 2.86. The molecule has 0 radical (unpaired) electrons. The third-order valence-corrected chi connectivity index (χ3v) is 4.56. The molecule has 1 saturated heterocycles. The van der Waals surface area contributed by atoms with E-state index in [4.69, 9.17) is 14.3 Å². The Balaban J connectivity index is 2.26. The third kappa shape index (κ3) is 5.11. The van der Waals surface area contributed by atoms with Crippen LogP contribution in [0.15, 0.2) is 12.1 Å². The summed E-state index contributed by atoms with van der Waals surface area (Å²) in [7, 11) is 3.17. The van der Waals surface area contributed by atoms with Gasteiger partial charge in [-0.05, 0) is 38.0 Å². The van der Waals surface area contributed by atoms with Crippen LogP contribution in [0.5, 0.6) is 5.75 Å². The first-order chi connectivity index (χ1) is 12.9. The fraction of sp³-hybridized carbons (Fsp3) is 0.579. The quantitative estimate of drug-likeness (QED) is 0.779. The molecular formula is C19H29N3O5. The molecular weight excluding hydrogens is 350 g/mol. The second-order valence-corrected chi connectivity index (χ2v) is 6.39.